The Bertz CT molecular complexity index is 953. The summed E-state index contributed by atoms with van der Waals surface area (Å²) < 4.78 is 47.0. The van der Waals surface area contributed by atoms with Gasteiger partial charge in [0.25, 0.3) is 0 Å². The third-order valence-electron chi connectivity index (χ3n) is 4.61. The van der Waals surface area contributed by atoms with Gasteiger partial charge in [-0.3, -0.25) is 0 Å². The van der Waals surface area contributed by atoms with Crippen molar-refractivity contribution in [3.8, 4) is 16.9 Å². The summed E-state index contributed by atoms with van der Waals surface area (Å²) in [5, 5.41) is 8.98. The molecule has 0 heterocycles. The molecule has 0 unspecified atom stereocenters. The van der Waals surface area contributed by atoms with Crippen LogP contribution in [0.15, 0.2) is 54.6 Å². The first-order valence-electron chi connectivity index (χ1n) is 9.11. The number of benzene rings is 3. The van der Waals surface area contributed by atoms with Gasteiger partial charge in [0.1, 0.15) is 0 Å². The molecule has 5 heteroatoms. The fraction of sp³-hybridized carbons (Fsp3) is 0.217. The minimum atomic E-state index is -0.993. The standard InChI is InChI=1S/C23H21F3O2/c1-2-28-21-12-11-18(13-20(21)24)16-6-3-15(4-7-16)5-8-17-9-10-19(14-27)23(26)22(17)25/h3-4,6-7,9-13,27H,2,5,8,14H2,1H3. The fourth-order valence-electron chi connectivity index (χ4n) is 3.04. The Labute approximate surface area is 162 Å². The highest BCUT2D eigenvalue weighted by molar-refractivity contribution is 5.64. The Hall–Kier alpha value is -2.79. The molecule has 1 N–H and O–H groups in total. The molecule has 2 nitrogen and oxygen atoms in total. The third-order valence-corrected chi connectivity index (χ3v) is 4.61. The van der Waals surface area contributed by atoms with E-state index in [1.54, 1.807) is 19.1 Å². The maximum Gasteiger partial charge on any atom is 0.165 e. The molecule has 0 saturated carbocycles. The third kappa shape index (κ3) is 4.37. The summed E-state index contributed by atoms with van der Waals surface area (Å²) in [5.74, 6) is -2.09. The van der Waals surface area contributed by atoms with Gasteiger partial charge < -0.3 is 9.84 Å². The second kappa shape index (κ2) is 8.93. The van der Waals surface area contributed by atoms with Crippen molar-refractivity contribution in [2.24, 2.45) is 0 Å². The first kappa shape index (κ1) is 20.0. The summed E-state index contributed by atoms with van der Waals surface area (Å²) >= 11 is 0. The van der Waals surface area contributed by atoms with E-state index in [0.717, 1.165) is 16.7 Å². The average Bonchev–Trinajstić information content (AvgIpc) is 2.71. The maximum absolute atomic E-state index is 14.0. The number of halogens is 3. The number of aliphatic hydroxyl groups is 1. The predicted octanol–water partition coefficient (Wildman–Crippen LogP) is 5.45. The van der Waals surface area contributed by atoms with E-state index in [9.17, 15) is 13.2 Å². The normalized spacial score (nSPS) is 10.9. The first-order valence-corrected chi connectivity index (χ1v) is 9.11. The zero-order valence-electron chi connectivity index (χ0n) is 15.5. The molecule has 0 atom stereocenters. The summed E-state index contributed by atoms with van der Waals surface area (Å²) in [4.78, 5) is 0. The number of aliphatic hydroxyl groups excluding tert-OH is 1. The molecule has 0 aliphatic rings. The van der Waals surface area contributed by atoms with Crippen molar-refractivity contribution in [3.63, 3.8) is 0 Å². The molecule has 0 spiro atoms. The van der Waals surface area contributed by atoms with Gasteiger partial charge in [0.2, 0.25) is 0 Å². The zero-order chi connectivity index (χ0) is 20.1. The largest absolute Gasteiger partial charge is 0.491 e. The topological polar surface area (TPSA) is 29.5 Å². The second-order valence-corrected chi connectivity index (χ2v) is 6.45. The lowest BCUT2D eigenvalue weighted by Gasteiger charge is -2.09. The van der Waals surface area contributed by atoms with Gasteiger partial charge in [-0.05, 0) is 54.2 Å². The van der Waals surface area contributed by atoms with Crippen LogP contribution >= 0.6 is 0 Å². The number of rotatable bonds is 7. The molecule has 0 saturated heterocycles. The van der Waals surface area contributed by atoms with Crippen LogP contribution in [0.2, 0.25) is 0 Å². The van der Waals surface area contributed by atoms with Crippen molar-refractivity contribution in [2.75, 3.05) is 6.61 Å². The van der Waals surface area contributed by atoms with E-state index in [2.05, 4.69) is 0 Å². The van der Waals surface area contributed by atoms with Gasteiger partial charge in [-0.2, -0.15) is 0 Å². The number of hydrogen-bond donors (Lipinski definition) is 1. The summed E-state index contributed by atoms with van der Waals surface area (Å²) in [5.41, 5.74) is 2.78. The van der Waals surface area contributed by atoms with Crippen LogP contribution < -0.4 is 4.74 Å². The maximum atomic E-state index is 14.0. The molecule has 0 radical (unpaired) electrons. The van der Waals surface area contributed by atoms with E-state index in [-0.39, 0.29) is 16.9 Å². The minimum absolute atomic E-state index is 0.0480. The molecule has 0 amide bonds. The highest BCUT2D eigenvalue weighted by atomic mass is 19.2. The van der Waals surface area contributed by atoms with Gasteiger partial charge in [-0.1, -0.05) is 42.5 Å². The molecule has 28 heavy (non-hydrogen) atoms. The van der Waals surface area contributed by atoms with Gasteiger partial charge in [0, 0.05) is 5.56 Å². The predicted molar refractivity (Wildman–Crippen MR) is 103 cm³/mol. The first-order chi connectivity index (χ1) is 13.5. The molecule has 3 aromatic rings. The van der Waals surface area contributed by atoms with Crippen molar-refractivity contribution in [3.05, 3.63) is 88.7 Å². The SMILES string of the molecule is CCOc1ccc(-c2ccc(CCc3ccc(CO)c(F)c3F)cc2)cc1F. The zero-order valence-corrected chi connectivity index (χ0v) is 15.5. The summed E-state index contributed by atoms with van der Waals surface area (Å²) in [7, 11) is 0. The van der Waals surface area contributed by atoms with Gasteiger partial charge in [0.15, 0.2) is 23.2 Å². The van der Waals surface area contributed by atoms with Gasteiger partial charge in [-0.25, -0.2) is 13.2 Å². The number of hydrogen-bond acceptors (Lipinski definition) is 2. The van der Waals surface area contributed by atoms with Gasteiger partial charge in [0.05, 0.1) is 13.2 Å². The summed E-state index contributed by atoms with van der Waals surface area (Å²) in [6.45, 7) is 1.67. The molecule has 0 fully saturated rings. The monoisotopic (exact) mass is 386 g/mol. The lowest BCUT2D eigenvalue weighted by atomic mass is 9.99. The highest BCUT2D eigenvalue weighted by Crippen LogP contribution is 2.26. The fourth-order valence-corrected chi connectivity index (χ4v) is 3.04. The lowest BCUT2D eigenvalue weighted by Crippen LogP contribution is -2.01. The molecular formula is C23H21F3O2. The Kier molecular flexibility index (Phi) is 6.37. The van der Waals surface area contributed by atoms with E-state index < -0.39 is 24.1 Å². The summed E-state index contributed by atoms with van der Waals surface area (Å²) in [6.07, 6.45) is 0.873. The van der Waals surface area contributed by atoms with Crippen LogP contribution in [-0.4, -0.2) is 11.7 Å². The smallest absolute Gasteiger partial charge is 0.165 e. The molecule has 0 bridgehead atoms. The van der Waals surface area contributed by atoms with Crippen molar-refractivity contribution in [1.82, 2.24) is 0 Å². The Balaban J connectivity index is 1.70. The van der Waals surface area contributed by atoms with Crippen LogP contribution in [0.5, 0.6) is 5.75 Å². The van der Waals surface area contributed by atoms with Crippen molar-refractivity contribution in [2.45, 2.75) is 26.4 Å². The Morgan fingerprint density at radius 2 is 1.43 bits per heavy atom. The van der Waals surface area contributed by atoms with Crippen LogP contribution in [0.4, 0.5) is 13.2 Å². The van der Waals surface area contributed by atoms with Crippen molar-refractivity contribution in [1.29, 1.82) is 0 Å². The highest BCUT2D eigenvalue weighted by Gasteiger charge is 2.13. The molecule has 0 aliphatic carbocycles. The molecular weight excluding hydrogens is 365 g/mol. The minimum Gasteiger partial charge on any atom is -0.491 e. The average molecular weight is 386 g/mol. The Morgan fingerprint density at radius 3 is 2.07 bits per heavy atom. The lowest BCUT2D eigenvalue weighted by molar-refractivity contribution is 0.273. The van der Waals surface area contributed by atoms with Crippen molar-refractivity contribution < 1.29 is 23.0 Å². The van der Waals surface area contributed by atoms with Crippen LogP contribution in [0.1, 0.15) is 23.6 Å². The van der Waals surface area contributed by atoms with Crippen LogP contribution in [0.25, 0.3) is 11.1 Å². The van der Waals surface area contributed by atoms with Crippen LogP contribution in [-0.2, 0) is 19.4 Å². The number of ether oxygens (including phenoxy) is 1. The quantitative estimate of drug-likeness (QED) is 0.585. The van der Waals surface area contributed by atoms with E-state index in [0.29, 0.717) is 19.4 Å². The molecule has 3 aromatic carbocycles. The molecule has 0 aromatic heterocycles. The van der Waals surface area contributed by atoms with Gasteiger partial charge in [-0.15, -0.1) is 0 Å². The summed E-state index contributed by atoms with van der Waals surface area (Å²) in [6, 6.07) is 15.3. The number of aryl methyl sites for hydroxylation is 2. The Morgan fingerprint density at radius 1 is 0.786 bits per heavy atom. The second-order valence-electron chi connectivity index (χ2n) is 6.45. The van der Waals surface area contributed by atoms with Crippen molar-refractivity contribution >= 4 is 0 Å². The van der Waals surface area contributed by atoms with E-state index >= 15 is 0 Å². The van der Waals surface area contributed by atoms with E-state index in [1.165, 1.54) is 18.2 Å². The molecule has 3 rings (SSSR count). The van der Waals surface area contributed by atoms with E-state index in [4.69, 9.17) is 9.84 Å². The van der Waals surface area contributed by atoms with Crippen LogP contribution in [0.3, 0.4) is 0 Å². The van der Waals surface area contributed by atoms with Gasteiger partial charge >= 0.3 is 0 Å². The van der Waals surface area contributed by atoms with E-state index in [1.807, 2.05) is 24.3 Å². The molecule has 146 valence electrons. The molecule has 0 aliphatic heterocycles. The van der Waals surface area contributed by atoms with Crippen LogP contribution in [0, 0.1) is 17.5 Å².